The molecular formula is C24H36N4O2. The summed E-state index contributed by atoms with van der Waals surface area (Å²) in [7, 11) is 0. The van der Waals surface area contributed by atoms with E-state index in [4.69, 9.17) is 10.00 Å². The number of fused-ring (bicyclic) bond motifs is 1. The van der Waals surface area contributed by atoms with Gasteiger partial charge in [-0.2, -0.15) is 5.26 Å². The molecule has 30 heavy (non-hydrogen) atoms. The summed E-state index contributed by atoms with van der Waals surface area (Å²) in [4.78, 5) is 16.3. The van der Waals surface area contributed by atoms with Crippen molar-refractivity contribution in [3.05, 3.63) is 35.9 Å². The van der Waals surface area contributed by atoms with Gasteiger partial charge in [0.25, 0.3) is 0 Å². The first-order valence-corrected chi connectivity index (χ1v) is 11.2. The van der Waals surface area contributed by atoms with E-state index in [1.165, 1.54) is 19.3 Å². The Labute approximate surface area is 181 Å². The third-order valence-corrected chi connectivity index (χ3v) is 6.10. The van der Waals surface area contributed by atoms with E-state index in [2.05, 4.69) is 10.2 Å². The first-order chi connectivity index (χ1) is 14.4. The van der Waals surface area contributed by atoms with Crippen LogP contribution in [0.1, 0.15) is 45.6 Å². The minimum Gasteiger partial charge on any atom is -0.444 e. The van der Waals surface area contributed by atoms with E-state index in [0.717, 1.165) is 57.1 Å². The molecule has 0 spiro atoms. The number of benzene rings is 1. The maximum atomic E-state index is 12.0. The van der Waals surface area contributed by atoms with Crippen molar-refractivity contribution in [3.8, 4) is 6.07 Å². The first kappa shape index (κ1) is 22.6. The number of nitriles is 1. The SMILES string of the molecule is CC(C)(C)OC(=O)N1CCN(CCNC2CCC3CC32)CC1.N#Cc1ccccc1. The average molecular weight is 413 g/mol. The first-order valence-electron chi connectivity index (χ1n) is 11.2. The molecule has 1 aromatic rings. The maximum Gasteiger partial charge on any atom is 0.410 e. The van der Waals surface area contributed by atoms with Crippen molar-refractivity contribution in [1.82, 2.24) is 15.1 Å². The molecule has 0 bridgehead atoms. The second kappa shape index (κ2) is 10.3. The number of nitrogens with zero attached hydrogens (tertiary/aromatic N) is 3. The molecule has 3 fully saturated rings. The number of ether oxygens (including phenoxy) is 1. The normalized spacial score (nSPS) is 25.5. The lowest BCUT2D eigenvalue weighted by Gasteiger charge is -2.35. The molecule has 1 heterocycles. The van der Waals surface area contributed by atoms with Gasteiger partial charge in [-0.15, -0.1) is 0 Å². The molecule has 3 aliphatic rings. The summed E-state index contributed by atoms with van der Waals surface area (Å²) in [5, 5.41) is 12.0. The van der Waals surface area contributed by atoms with Crippen molar-refractivity contribution in [1.29, 1.82) is 5.26 Å². The minimum atomic E-state index is -0.403. The number of hydrogen-bond donors (Lipinski definition) is 1. The molecule has 1 amide bonds. The van der Waals surface area contributed by atoms with Crippen molar-refractivity contribution in [2.45, 2.75) is 51.7 Å². The van der Waals surface area contributed by atoms with Gasteiger partial charge in [0.15, 0.2) is 0 Å². The summed E-state index contributed by atoms with van der Waals surface area (Å²) in [6.45, 7) is 11.4. The van der Waals surface area contributed by atoms with Crippen LogP contribution in [0.15, 0.2) is 30.3 Å². The number of amides is 1. The Bertz CT molecular complexity index is 717. The zero-order valence-corrected chi connectivity index (χ0v) is 18.6. The van der Waals surface area contributed by atoms with Gasteiger partial charge < -0.3 is 15.0 Å². The van der Waals surface area contributed by atoms with Gasteiger partial charge in [-0.25, -0.2) is 4.79 Å². The summed E-state index contributed by atoms with van der Waals surface area (Å²) in [5.74, 6) is 2.04. The molecule has 0 radical (unpaired) electrons. The molecule has 6 heteroatoms. The number of carbonyl (C=O) groups is 1. The molecule has 1 N–H and O–H groups in total. The quantitative estimate of drug-likeness (QED) is 0.820. The standard InChI is InChI=1S/C17H31N3O2.C7H5N/c1-17(2,3)22-16(21)20-10-8-19(9-11-20)7-6-18-15-5-4-13-12-14(13)15;8-6-7-4-2-1-3-5-7/h13-15,18H,4-12H2,1-3H3;1-5H. The summed E-state index contributed by atoms with van der Waals surface area (Å²) in [6, 6.07) is 11.9. The van der Waals surface area contributed by atoms with E-state index >= 15 is 0 Å². The second-order valence-electron chi connectivity index (χ2n) is 9.58. The Balaban J connectivity index is 0.000000269. The van der Waals surface area contributed by atoms with E-state index in [9.17, 15) is 4.79 Å². The van der Waals surface area contributed by atoms with Gasteiger partial charge in [-0.3, -0.25) is 4.90 Å². The average Bonchev–Trinajstić information content (AvgIpc) is 3.41. The van der Waals surface area contributed by atoms with E-state index < -0.39 is 5.60 Å². The van der Waals surface area contributed by atoms with Gasteiger partial charge in [0.05, 0.1) is 11.6 Å². The zero-order valence-electron chi connectivity index (χ0n) is 18.6. The maximum absolute atomic E-state index is 12.0. The zero-order chi connectivity index (χ0) is 21.6. The highest BCUT2D eigenvalue weighted by Gasteiger charge is 2.47. The molecular weight excluding hydrogens is 376 g/mol. The number of hydrogen-bond acceptors (Lipinski definition) is 5. The Morgan fingerprint density at radius 3 is 2.37 bits per heavy atom. The molecule has 1 aliphatic heterocycles. The van der Waals surface area contributed by atoms with Gasteiger partial charge in [-0.1, -0.05) is 18.2 Å². The second-order valence-corrected chi connectivity index (χ2v) is 9.58. The van der Waals surface area contributed by atoms with Gasteiger partial charge >= 0.3 is 6.09 Å². The van der Waals surface area contributed by atoms with Crippen LogP contribution >= 0.6 is 0 Å². The highest BCUT2D eigenvalue weighted by molar-refractivity contribution is 5.68. The Morgan fingerprint density at radius 1 is 1.17 bits per heavy atom. The summed E-state index contributed by atoms with van der Waals surface area (Å²) < 4.78 is 5.43. The molecule has 2 aliphatic carbocycles. The lowest BCUT2D eigenvalue weighted by atomic mass is 10.2. The van der Waals surface area contributed by atoms with Crippen molar-refractivity contribution in [3.63, 3.8) is 0 Å². The molecule has 6 nitrogen and oxygen atoms in total. The molecule has 4 rings (SSSR count). The number of rotatable bonds is 4. The Hall–Kier alpha value is -2.10. The Kier molecular flexibility index (Phi) is 7.74. The van der Waals surface area contributed by atoms with Crippen molar-refractivity contribution in [2.24, 2.45) is 11.8 Å². The van der Waals surface area contributed by atoms with E-state index in [-0.39, 0.29) is 6.09 Å². The van der Waals surface area contributed by atoms with Crippen LogP contribution in [0, 0.1) is 23.2 Å². The van der Waals surface area contributed by atoms with Crippen LogP contribution in [0.2, 0.25) is 0 Å². The predicted molar refractivity (Wildman–Crippen MR) is 118 cm³/mol. The van der Waals surface area contributed by atoms with E-state index in [1.807, 2.05) is 49.9 Å². The van der Waals surface area contributed by atoms with Crippen LogP contribution in [-0.4, -0.2) is 66.8 Å². The highest BCUT2D eigenvalue weighted by atomic mass is 16.6. The van der Waals surface area contributed by atoms with Crippen LogP contribution in [0.25, 0.3) is 0 Å². The van der Waals surface area contributed by atoms with E-state index in [1.54, 1.807) is 12.1 Å². The van der Waals surface area contributed by atoms with Gasteiger partial charge in [0, 0.05) is 45.3 Å². The fourth-order valence-electron chi connectivity index (χ4n) is 4.36. The van der Waals surface area contributed by atoms with Gasteiger partial charge in [0.2, 0.25) is 0 Å². The van der Waals surface area contributed by atoms with Crippen molar-refractivity contribution >= 4 is 6.09 Å². The topological polar surface area (TPSA) is 68.6 Å². The Morgan fingerprint density at radius 2 is 1.87 bits per heavy atom. The number of nitrogens with one attached hydrogen (secondary N) is 1. The molecule has 2 saturated carbocycles. The number of piperazine rings is 1. The number of carbonyl (C=O) groups excluding carboxylic acids is 1. The smallest absolute Gasteiger partial charge is 0.410 e. The molecule has 1 aromatic carbocycles. The molecule has 3 atom stereocenters. The summed E-state index contributed by atoms with van der Waals surface area (Å²) in [5.41, 5.74) is 0.313. The predicted octanol–water partition coefficient (Wildman–Crippen LogP) is 3.49. The lowest BCUT2D eigenvalue weighted by molar-refractivity contribution is 0.0146. The molecule has 164 valence electrons. The molecule has 1 saturated heterocycles. The molecule has 0 aromatic heterocycles. The van der Waals surface area contributed by atoms with Crippen LogP contribution < -0.4 is 5.32 Å². The van der Waals surface area contributed by atoms with Gasteiger partial charge in [-0.05, 0) is 64.0 Å². The molecule has 3 unspecified atom stereocenters. The monoisotopic (exact) mass is 412 g/mol. The fourth-order valence-corrected chi connectivity index (χ4v) is 4.36. The van der Waals surface area contributed by atoms with Gasteiger partial charge in [0.1, 0.15) is 5.60 Å². The summed E-state index contributed by atoms with van der Waals surface area (Å²) >= 11 is 0. The van der Waals surface area contributed by atoms with Crippen LogP contribution in [0.3, 0.4) is 0 Å². The third-order valence-electron chi connectivity index (χ3n) is 6.10. The largest absolute Gasteiger partial charge is 0.444 e. The summed E-state index contributed by atoms with van der Waals surface area (Å²) in [6.07, 6.45) is 4.11. The van der Waals surface area contributed by atoms with Crippen molar-refractivity contribution in [2.75, 3.05) is 39.3 Å². The minimum absolute atomic E-state index is 0.170. The van der Waals surface area contributed by atoms with Crippen LogP contribution in [0.4, 0.5) is 4.79 Å². The fraction of sp³-hybridized carbons (Fsp3) is 0.667. The van der Waals surface area contributed by atoms with Crippen LogP contribution in [0.5, 0.6) is 0 Å². The third kappa shape index (κ3) is 7.00. The van der Waals surface area contributed by atoms with Crippen molar-refractivity contribution < 1.29 is 9.53 Å². The van der Waals surface area contributed by atoms with E-state index in [0.29, 0.717) is 5.56 Å². The lowest BCUT2D eigenvalue weighted by Crippen LogP contribution is -2.51. The highest BCUT2D eigenvalue weighted by Crippen LogP contribution is 2.51. The van der Waals surface area contributed by atoms with Crippen LogP contribution in [-0.2, 0) is 4.74 Å².